The molecule has 1 saturated carbocycles. The average molecular weight is 310 g/mol. The fourth-order valence-electron chi connectivity index (χ4n) is 3.74. The molecule has 2 atom stereocenters. The highest BCUT2D eigenvalue weighted by Crippen LogP contribution is 2.39. The number of rotatable bonds is 4. The van der Waals surface area contributed by atoms with Gasteiger partial charge in [0.05, 0.1) is 35.5 Å². The molecule has 0 amide bonds. The van der Waals surface area contributed by atoms with Gasteiger partial charge in [0.25, 0.3) is 0 Å². The molecule has 3 aromatic rings. The molecule has 120 valence electrons. The van der Waals surface area contributed by atoms with Crippen molar-refractivity contribution in [1.82, 2.24) is 29.7 Å². The van der Waals surface area contributed by atoms with Crippen LogP contribution in [0.2, 0.25) is 0 Å². The van der Waals surface area contributed by atoms with E-state index in [0.29, 0.717) is 5.92 Å². The highest BCUT2D eigenvalue weighted by Gasteiger charge is 2.28. The minimum Gasteiger partial charge on any atom is -0.319 e. The van der Waals surface area contributed by atoms with Crippen LogP contribution in [0.1, 0.15) is 30.9 Å². The predicted octanol–water partition coefficient (Wildman–Crippen LogP) is 2.23. The van der Waals surface area contributed by atoms with Crippen molar-refractivity contribution < 1.29 is 0 Å². The molecule has 4 rings (SSSR count). The molecule has 1 aliphatic carbocycles. The summed E-state index contributed by atoms with van der Waals surface area (Å²) in [6.07, 6.45) is 11.4. The standard InChI is InChI=1S/C17H22N6/c1-18-8-12-3-4-13(7-12)17-16-5-6-19-23(16)11-15(21-17)14-9-20-22(2)10-14/h5-6,9-13,18H,3-4,7-8H2,1-2H3/t12-,13?/m1/s1. The lowest BCUT2D eigenvalue weighted by molar-refractivity contribution is 0.507. The first kappa shape index (κ1) is 14.4. The van der Waals surface area contributed by atoms with Gasteiger partial charge in [-0.3, -0.25) is 4.68 Å². The Labute approximate surface area is 135 Å². The van der Waals surface area contributed by atoms with Crippen LogP contribution in [0.3, 0.4) is 0 Å². The van der Waals surface area contributed by atoms with Crippen molar-refractivity contribution in [3.63, 3.8) is 0 Å². The summed E-state index contributed by atoms with van der Waals surface area (Å²) >= 11 is 0. The molecule has 3 aromatic heterocycles. The molecule has 3 heterocycles. The molecule has 6 nitrogen and oxygen atoms in total. The maximum atomic E-state index is 5.00. The van der Waals surface area contributed by atoms with E-state index in [-0.39, 0.29) is 0 Å². The van der Waals surface area contributed by atoms with Crippen molar-refractivity contribution >= 4 is 5.52 Å². The van der Waals surface area contributed by atoms with Gasteiger partial charge in [0.2, 0.25) is 0 Å². The molecule has 0 aromatic carbocycles. The van der Waals surface area contributed by atoms with Crippen molar-refractivity contribution in [3.8, 4) is 11.3 Å². The van der Waals surface area contributed by atoms with Crippen molar-refractivity contribution in [2.24, 2.45) is 13.0 Å². The van der Waals surface area contributed by atoms with Crippen LogP contribution < -0.4 is 5.32 Å². The van der Waals surface area contributed by atoms with Gasteiger partial charge in [0.1, 0.15) is 0 Å². The molecular weight excluding hydrogens is 288 g/mol. The molecule has 1 unspecified atom stereocenters. The van der Waals surface area contributed by atoms with Crippen molar-refractivity contribution in [1.29, 1.82) is 0 Å². The Balaban J connectivity index is 1.75. The summed E-state index contributed by atoms with van der Waals surface area (Å²) < 4.78 is 3.76. The zero-order valence-electron chi connectivity index (χ0n) is 13.6. The largest absolute Gasteiger partial charge is 0.319 e. The van der Waals surface area contributed by atoms with Gasteiger partial charge in [0, 0.05) is 24.7 Å². The maximum Gasteiger partial charge on any atom is 0.0921 e. The van der Waals surface area contributed by atoms with Gasteiger partial charge in [-0.05, 0) is 44.8 Å². The van der Waals surface area contributed by atoms with Gasteiger partial charge in [0.15, 0.2) is 0 Å². The van der Waals surface area contributed by atoms with E-state index >= 15 is 0 Å². The molecule has 0 aliphatic heterocycles. The highest BCUT2D eigenvalue weighted by atomic mass is 15.2. The van der Waals surface area contributed by atoms with E-state index in [2.05, 4.69) is 21.6 Å². The van der Waals surface area contributed by atoms with Gasteiger partial charge < -0.3 is 5.32 Å². The average Bonchev–Trinajstić information content (AvgIpc) is 3.26. The summed E-state index contributed by atoms with van der Waals surface area (Å²) in [5.74, 6) is 1.26. The molecule has 1 fully saturated rings. The second-order valence-corrected chi connectivity index (χ2v) is 6.51. The monoisotopic (exact) mass is 310 g/mol. The lowest BCUT2D eigenvalue weighted by atomic mass is 10.00. The second kappa shape index (κ2) is 5.77. The third kappa shape index (κ3) is 2.63. The number of aromatic nitrogens is 5. The van der Waals surface area contributed by atoms with Crippen molar-refractivity contribution in [3.05, 3.63) is 36.5 Å². The van der Waals surface area contributed by atoms with Crippen LogP contribution >= 0.6 is 0 Å². The molecule has 1 N–H and O–H groups in total. The Morgan fingerprint density at radius 1 is 1.26 bits per heavy atom. The highest BCUT2D eigenvalue weighted by molar-refractivity contribution is 5.62. The van der Waals surface area contributed by atoms with E-state index in [1.807, 2.05) is 48.1 Å². The number of hydrogen-bond donors (Lipinski definition) is 1. The lowest BCUT2D eigenvalue weighted by Crippen LogP contribution is -2.16. The normalized spacial score (nSPS) is 21.3. The first-order chi connectivity index (χ1) is 11.2. The maximum absolute atomic E-state index is 5.00. The van der Waals surface area contributed by atoms with Crippen LogP contribution in [0, 0.1) is 5.92 Å². The molecule has 0 saturated heterocycles. The SMILES string of the molecule is CNC[C@@H]1CCC(c2nc(-c3cnn(C)c3)cn3nccc23)C1. The Kier molecular flexibility index (Phi) is 3.61. The van der Waals surface area contributed by atoms with E-state index in [4.69, 9.17) is 4.98 Å². The van der Waals surface area contributed by atoms with Gasteiger partial charge in [-0.2, -0.15) is 10.2 Å². The Bertz CT molecular complexity index is 817. The van der Waals surface area contributed by atoms with E-state index < -0.39 is 0 Å². The van der Waals surface area contributed by atoms with Crippen LogP contribution in [0.25, 0.3) is 16.8 Å². The van der Waals surface area contributed by atoms with E-state index in [1.165, 1.54) is 25.0 Å². The zero-order chi connectivity index (χ0) is 15.8. The molecule has 6 heteroatoms. The summed E-state index contributed by atoms with van der Waals surface area (Å²) in [4.78, 5) is 5.00. The van der Waals surface area contributed by atoms with Gasteiger partial charge >= 0.3 is 0 Å². The quantitative estimate of drug-likeness (QED) is 0.803. The fraction of sp³-hybridized carbons (Fsp3) is 0.471. The van der Waals surface area contributed by atoms with Crippen LogP contribution in [0.15, 0.2) is 30.9 Å². The van der Waals surface area contributed by atoms with Crippen LogP contribution in [0.5, 0.6) is 0 Å². The number of nitrogens with zero attached hydrogens (tertiary/aromatic N) is 5. The smallest absolute Gasteiger partial charge is 0.0921 e. The third-order valence-electron chi connectivity index (χ3n) is 4.84. The fourth-order valence-corrected chi connectivity index (χ4v) is 3.74. The minimum atomic E-state index is 0.518. The number of fused-ring (bicyclic) bond motifs is 1. The summed E-state index contributed by atoms with van der Waals surface area (Å²) in [6, 6.07) is 2.07. The van der Waals surface area contributed by atoms with Gasteiger partial charge in [-0.15, -0.1) is 0 Å². The number of hydrogen-bond acceptors (Lipinski definition) is 4. The van der Waals surface area contributed by atoms with Crippen molar-refractivity contribution in [2.75, 3.05) is 13.6 Å². The van der Waals surface area contributed by atoms with E-state index in [9.17, 15) is 0 Å². The molecule has 0 radical (unpaired) electrons. The number of nitrogens with one attached hydrogen (secondary N) is 1. The summed E-state index contributed by atoms with van der Waals surface area (Å²) in [6.45, 7) is 1.09. The Morgan fingerprint density at radius 2 is 2.17 bits per heavy atom. The lowest BCUT2D eigenvalue weighted by Gasteiger charge is -2.13. The topological polar surface area (TPSA) is 60.0 Å². The molecule has 1 aliphatic rings. The molecule has 23 heavy (non-hydrogen) atoms. The van der Waals surface area contributed by atoms with Crippen LogP contribution in [-0.4, -0.2) is 38.0 Å². The van der Waals surface area contributed by atoms with Gasteiger partial charge in [-0.1, -0.05) is 0 Å². The first-order valence-corrected chi connectivity index (χ1v) is 8.22. The first-order valence-electron chi connectivity index (χ1n) is 8.22. The summed E-state index contributed by atoms with van der Waals surface area (Å²) in [5, 5.41) is 12.0. The molecule has 0 spiro atoms. The van der Waals surface area contributed by atoms with Crippen LogP contribution in [-0.2, 0) is 7.05 Å². The minimum absolute atomic E-state index is 0.518. The van der Waals surface area contributed by atoms with Gasteiger partial charge in [-0.25, -0.2) is 9.50 Å². The zero-order valence-corrected chi connectivity index (χ0v) is 13.6. The Hall–Kier alpha value is -2.21. The summed E-state index contributed by atoms with van der Waals surface area (Å²) in [7, 11) is 3.96. The van der Waals surface area contributed by atoms with E-state index in [0.717, 1.165) is 29.2 Å². The molecule has 0 bridgehead atoms. The van der Waals surface area contributed by atoms with Crippen molar-refractivity contribution in [2.45, 2.75) is 25.2 Å². The Morgan fingerprint density at radius 3 is 2.96 bits per heavy atom. The third-order valence-corrected chi connectivity index (χ3v) is 4.84. The summed E-state index contributed by atoms with van der Waals surface area (Å²) in [5.41, 5.74) is 4.30. The molecular formula is C17H22N6. The van der Waals surface area contributed by atoms with E-state index in [1.54, 1.807) is 0 Å². The predicted molar refractivity (Wildman–Crippen MR) is 89.2 cm³/mol. The number of aryl methyl sites for hydroxylation is 1. The second-order valence-electron chi connectivity index (χ2n) is 6.51. The van der Waals surface area contributed by atoms with Crippen LogP contribution in [0.4, 0.5) is 0 Å².